The van der Waals surface area contributed by atoms with Gasteiger partial charge in [0.25, 0.3) is 23.5 Å². The number of aromatic nitrogens is 4. The number of H-pyrrole nitrogens is 2. The Bertz CT molecular complexity index is 3250. The summed E-state index contributed by atoms with van der Waals surface area (Å²) in [6, 6.07) is 47.8. The summed E-state index contributed by atoms with van der Waals surface area (Å²) in [6.07, 6.45) is 3.27. The Balaban J connectivity index is 0.000000216. The monoisotopic (exact) mass is 1140 g/mol. The number of alkyl halides is 2. The molecule has 3 amide bonds. The number of carbonyl (C=O) groups is 4. The number of benzene rings is 4. The summed E-state index contributed by atoms with van der Waals surface area (Å²) < 4.78 is 11.0. The zero-order chi connectivity index (χ0) is 58.3. The van der Waals surface area contributed by atoms with E-state index in [1.165, 1.54) is 54.6 Å². The summed E-state index contributed by atoms with van der Waals surface area (Å²) >= 11 is 9.53. The molecule has 2 saturated heterocycles. The van der Waals surface area contributed by atoms with E-state index < -0.39 is 11.7 Å². The number of piperazine rings is 2. The van der Waals surface area contributed by atoms with E-state index in [-0.39, 0.29) is 70.4 Å². The fourth-order valence-electron chi connectivity index (χ4n) is 10.7. The molecular formula is C63H74Cl2N10O6. The van der Waals surface area contributed by atoms with Crippen LogP contribution in [0.3, 0.4) is 0 Å². The third kappa shape index (κ3) is 14.1. The standard InChI is InChI=1S/C32H35N5O4.C28H30N4O2.C2H7N.CH2Cl2/c1-20-19-37(21(2)18-36(20)27(22-12-8-6-9-13-22)23-14-10-7-11-15-23)31(39)25-16-24-26(28(38)32(40)35(3)4)17-33-29(24)34-30(25)41-5;1-19-18-32(28(33)24-16-23-14-15-29-26(23)30-27(24)34-3)20(2)17-31(19)25(21-10-6-4-7-11-21)22-12-8-5-9-13-22;1-3-2;2-1-3/h6-17,20-21,27H,18-19H2,1-5H3,(H,33,34);4-16,19-20,25H,17-18H2,1-3H3,(H,29,30);3H,1-2H3;1H2/t20-,21+;19-,20+;;/m00../s1. The van der Waals surface area contributed by atoms with Gasteiger partial charge in [-0.3, -0.25) is 29.0 Å². The van der Waals surface area contributed by atoms with Gasteiger partial charge in [0, 0.05) is 87.6 Å². The third-order valence-electron chi connectivity index (χ3n) is 14.5. The van der Waals surface area contributed by atoms with Gasteiger partial charge in [-0.25, -0.2) is 0 Å². The maximum absolute atomic E-state index is 14.1. The summed E-state index contributed by atoms with van der Waals surface area (Å²) in [5.41, 5.74) is 6.93. The topological polar surface area (TPSA) is 172 Å². The van der Waals surface area contributed by atoms with Gasteiger partial charge in [-0.15, -0.1) is 23.2 Å². The van der Waals surface area contributed by atoms with E-state index in [2.05, 4.69) is 165 Å². The SMILES string of the molecule is CNC.COc1nc2[nH]cc(C(=O)C(=O)N(C)C)c2cc1C(=O)N1C[C@H](C)N(C(c2ccccc2)c2ccccc2)C[C@H]1C.COc1nc2[nH]ccc2cc1C(=O)N1C[C@H](C)N(C(c2ccccc2)c2ccccc2)C[C@H]1C.ClCCl. The highest BCUT2D eigenvalue weighted by molar-refractivity contribution is 6.44. The number of Topliss-reactive ketones (excluding diaryl/α,β-unsaturated/α-hetero) is 1. The van der Waals surface area contributed by atoms with E-state index in [1.807, 2.05) is 61.3 Å². The number of carbonyl (C=O) groups excluding carboxylic acids is 4. The smallest absolute Gasteiger partial charge is 0.294 e. The van der Waals surface area contributed by atoms with Gasteiger partial charge in [-0.1, -0.05) is 121 Å². The van der Waals surface area contributed by atoms with Crippen molar-refractivity contribution in [2.24, 2.45) is 0 Å². The number of halogens is 2. The molecule has 2 aliphatic rings. The Morgan fingerprint density at radius 1 is 0.580 bits per heavy atom. The second-order valence-electron chi connectivity index (χ2n) is 20.4. The molecule has 2 fully saturated rings. The van der Waals surface area contributed by atoms with Crippen molar-refractivity contribution in [3.63, 3.8) is 0 Å². The van der Waals surface area contributed by atoms with E-state index in [0.29, 0.717) is 47.8 Å². The second kappa shape index (κ2) is 28.7. The van der Waals surface area contributed by atoms with E-state index in [1.54, 1.807) is 13.2 Å². The molecule has 0 saturated carbocycles. The highest BCUT2D eigenvalue weighted by Crippen LogP contribution is 2.37. The Morgan fingerprint density at radius 3 is 1.35 bits per heavy atom. The lowest BCUT2D eigenvalue weighted by Gasteiger charge is -2.47. The van der Waals surface area contributed by atoms with Crippen molar-refractivity contribution in [3.05, 3.63) is 191 Å². The van der Waals surface area contributed by atoms with Crippen LogP contribution in [0.5, 0.6) is 11.8 Å². The molecule has 6 heterocycles. The first-order valence-corrected chi connectivity index (χ1v) is 28.1. The number of pyridine rings is 2. The molecule has 4 aromatic heterocycles. The number of aromatic amines is 2. The van der Waals surface area contributed by atoms with Crippen molar-refractivity contribution >= 4 is 68.8 Å². The number of fused-ring (bicyclic) bond motifs is 2. The normalized spacial score (nSPS) is 17.3. The number of nitrogens with one attached hydrogen (secondary N) is 3. The van der Waals surface area contributed by atoms with E-state index in [4.69, 9.17) is 32.7 Å². The van der Waals surface area contributed by atoms with Gasteiger partial charge in [0.2, 0.25) is 11.8 Å². The number of likely N-dealkylation sites (N-methyl/N-ethyl adjacent to an activating group) is 1. The van der Waals surface area contributed by atoms with Crippen molar-refractivity contribution in [3.8, 4) is 11.8 Å². The molecule has 3 N–H and O–H groups in total. The highest BCUT2D eigenvalue weighted by atomic mass is 35.5. The van der Waals surface area contributed by atoms with Crippen LogP contribution in [0.15, 0.2) is 152 Å². The van der Waals surface area contributed by atoms with Gasteiger partial charge in [0.05, 0.1) is 37.2 Å². The predicted octanol–water partition coefficient (Wildman–Crippen LogP) is 10.3. The molecule has 81 heavy (non-hydrogen) atoms. The summed E-state index contributed by atoms with van der Waals surface area (Å²) in [6.45, 7) is 11.1. The first-order valence-electron chi connectivity index (χ1n) is 27.0. The van der Waals surface area contributed by atoms with Gasteiger partial charge < -0.3 is 39.5 Å². The van der Waals surface area contributed by atoms with Crippen molar-refractivity contribution in [2.75, 3.05) is 73.9 Å². The number of nitrogens with zero attached hydrogens (tertiary/aromatic N) is 7. The molecule has 0 bridgehead atoms. The molecule has 426 valence electrons. The zero-order valence-electron chi connectivity index (χ0n) is 47.8. The molecule has 0 unspecified atom stereocenters. The third-order valence-corrected chi connectivity index (χ3v) is 14.5. The fourth-order valence-corrected chi connectivity index (χ4v) is 10.7. The molecule has 18 heteroatoms. The first-order chi connectivity index (χ1) is 39.1. The first kappa shape index (κ1) is 61.0. The van der Waals surface area contributed by atoms with Gasteiger partial charge in [0.1, 0.15) is 22.4 Å². The average molecular weight is 1140 g/mol. The minimum absolute atomic E-state index is 0.0326. The summed E-state index contributed by atoms with van der Waals surface area (Å²) in [5, 5.41) is 4.25. The molecule has 0 aliphatic carbocycles. The average Bonchev–Trinajstić information content (AvgIpc) is 4.34. The predicted molar refractivity (Wildman–Crippen MR) is 323 cm³/mol. The number of rotatable bonds is 12. The summed E-state index contributed by atoms with van der Waals surface area (Å²) in [4.78, 5) is 78.0. The molecule has 4 atom stereocenters. The van der Waals surface area contributed by atoms with Crippen LogP contribution in [0, 0.1) is 0 Å². The lowest BCUT2D eigenvalue weighted by molar-refractivity contribution is -0.124. The van der Waals surface area contributed by atoms with Crippen LogP contribution < -0.4 is 14.8 Å². The van der Waals surface area contributed by atoms with Crippen molar-refractivity contribution < 1.29 is 28.7 Å². The molecule has 2 aliphatic heterocycles. The lowest BCUT2D eigenvalue weighted by atomic mass is 9.93. The van der Waals surface area contributed by atoms with Crippen LogP contribution in [0.25, 0.3) is 22.1 Å². The molecule has 10 rings (SSSR count). The van der Waals surface area contributed by atoms with Crippen molar-refractivity contribution in [1.82, 2.24) is 49.8 Å². The summed E-state index contributed by atoms with van der Waals surface area (Å²) in [7, 11) is 9.81. The number of methoxy groups -OCH3 is 2. The van der Waals surface area contributed by atoms with Gasteiger partial charge in [-0.2, -0.15) is 9.97 Å². The van der Waals surface area contributed by atoms with Gasteiger partial charge >= 0.3 is 0 Å². The Kier molecular flexibility index (Phi) is 21.6. The van der Waals surface area contributed by atoms with Crippen LogP contribution in [-0.2, 0) is 4.79 Å². The van der Waals surface area contributed by atoms with E-state index in [0.717, 1.165) is 11.9 Å². The van der Waals surface area contributed by atoms with Crippen molar-refractivity contribution in [2.45, 2.75) is 63.9 Å². The quantitative estimate of drug-likeness (QED) is 0.0604. The van der Waals surface area contributed by atoms with Gasteiger partial charge in [-0.05, 0) is 82.2 Å². The molecular weight excluding hydrogens is 1060 g/mol. The Morgan fingerprint density at radius 2 is 0.963 bits per heavy atom. The fraction of sp³-hybridized carbons (Fsp3) is 0.333. The summed E-state index contributed by atoms with van der Waals surface area (Å²) in [5.74, 6) is -1.08. The lowest BCUT2D eigenvalue weighted by Crippen LogP contribution is -2.58. The molecule has 0 radical (unpaired) electrons. The maximum Gasteiger partial charge on any atom is 0.294 e. The maximum atomic E-state index is 14.1. The number of ketones is 1. The minimum atomic E-state index is -0.671. The Hall–Kier alpha value is -7.60. The van der Waals surface area contributed by atoms with Crippen LogP contribution >= 0.6 is 23.2 Å². The molecule has 16 nitrogen and oxygen atoms in total. The minimum Gasteiger partial charge on any atom is -0.480 e. The highest BCUT2D eigenvalue weighted by Gasteiger charge is 2.40. The number of ether oxygens (including phenoxy) is 2. The van der Waals surface area contributed by atoms with Crippen LogP contribution in [0.1, 0.15) is 93.1 Å². The van der Waals surface area contributed by atoms with Crippen molar-refractivity contribution in [1.29, 1.82) is 0 Å². The van der Waals surface area contributed by atoms with Crippen LogP contribution in [0.4, 0.5) is 0 Å². The number of amides is 3. The number of hydrogen-bond acceptors (Lipinski definition) is 11. The van der Waals surface area contributed by atoms with E-state index in [9.17, 15) is 19.2 Å². The van der Waals surface area contributed by atoms with Crippen LogP contribution in [0.2, 0.25) is 0 Å². The zero-order valence-corrected chi connectivity index (χ0v) is 49.3. The second-order valence-corrected chi connectivity index (χ2v) is 21.2. The van der Waals surface area contributed by atoms with Crippen LogP contribution in [-0.4, -0.2) is 166 Å². The van der Waals surface area contributed by atoms with E-state index >= 15 is 0 Å². The Labute approximate surface area is 485 Å². The molecule has 8 aromatic rings. The number of hydrogen-bond donors (Lipinski definition) is 3. The largest absolute Gasteiger partial charge is 0.480 e. The van der Waals surface area contributed by atoms with Gasteiger partial charge in [0.15, 0.2) is 0 Å². The molecule has 0 spiro atoms. The molecule has 4 aromatic carbocycles.